The maximum absolute atomic E-state index is 10.2. The van der Waals surface area contributed by atoms with Crippen LogP contribution in [0.4, 0.5) is 0 Å². The molecule has 0 heterocycles. The molecule has 0 saturated carbocycles. The van der Waals surface area contributed by atoms with Gasteiger partial charge in [-0.15, -0.1) is 0 Å². The molecule has 3 nitrogen and oxygen atoms in total. The molecular weight excluding hydrogens is 270 g/mol. The summed E-state index contributed by atoms with van der Waals surface area (Å²) in [5.41, 5.74) is 4.39. The van der Waals surface area contributed by atoms with E-state index >= 15 is 0 Å². The van der Waals surface area contributed by atoms with Crippen LogP contribution in [0.5, 0.6) is 5.75 Å². The van der Waals surface area contributed by atoms with Crippen LogP contribution in [-0.2, 0) is 16.8 Å². The van der Waals surface area contributed by atoms with Crippen LogP contribution in [0.15, 0.2) is 16.6 Å². The molecule has 0 aliphatic carbocycles. The first-order valence-corrected chi connectivity index (χ1v) is 5.93. The van der Waals surface area contributed by atoms with Gasteiger partial charge in [0.1, 0.15) is 5.75 Å². The van der Waals surface area contributed by atoms with Crippen LogP contribution in [0.2, 0.25) is 0 Å². The summed E-state index contributed by atoms with van der Waals surface area (Å²) in [5.74, 6) is 0.334. The van der Waals surface area contributed by atoms with Crippen molar-refractivity contribution < 1.29 is 9.94 Å². The molecular formula is C12H18BrNO2. The topological polar surface area (TPSA) is 41.5 Å². The molecule has 0 fully saturated rings. The molecule has 0 saturated heterocycles. The van der Waals surface area contributed by atoms with Crippen molar-refractivity contribution in [2.24, 2.45) is 0 Å². The second kappa shape index (κ2) is 5.17. The van der Waals surface area contributed by atoms with E-state index in [4.69, 9.17) is 4.84 Å². The predicted molar refractivity (Wildman–Crippen MR) is 68.4 cm³/mol. The lowest BCUT2D eigenvalue weighted by Gasteiger charge is -2.22. The molecule has 0 spiro atoms. The molecule has 16 heavy (non-hydrogen) atoms. The van der Waals surface area contributed by atoms with Crippen molar-refractivity contribution in [1.82, 2.24) is 5.48 Å². The van der Waals surface area contributed by atoms with Gasteiger partial charge in [0, 0.05) is 22.1 Å². The van der Waals surface area contributed by atoms with Crippen LogP contribution in [0.25, 0.3) is 0 Å². The van der Waals surface area contributed by atoms with E-state index in [1.807, 2.05) is 12.1 Å². The minimum atomic E-state index is -0.0876. The molecule has 0 radical (unpaired) electrons. The van der Waals surface area contributed by atoms with Crippen LogP contribution in [0.3, 0.4) is 0 Å². The summed E-state index contributed by atoms with van der Waals surface area (Å²) in [6.07, 6.45) is 0. The maximum Gasteiger partial charge on any atom is 0.123 e. The van der Waals surface area contributed by atoms with Gasteiger partial charge in [-0.25, -0.2) is 0 Å². The van der Waals surface area contributed by atoms with Crippen molar-refractivity contribution >= 4 is 15.9 Å². The number of hydrogen-bond donors (Lipinski definition) is 2. The molecule has 0 amide bonds. The fourth-order valence-electron chi connectivity index (χ4n) is 1.51. The monoisotopic (exact) mass is 287 g/mol. The minimum absolute atomic E-state index is 0.0876. The maximum atomic E-state index is 10.2. The average Bonchev–Trinajstić information content (AvgIpc) is 2.17. The standard InChI is InChI=1S/C12H18BrNO2/c1-12(2,3)10-6-9(13)5-8(11(10)15)7-14-16-4/h5-6,14-15H,7H2,1-4H3. The van der Waals surface area contributed by atoms with Gasteiger partial charge in [-0.3, -0.25) is 0 Å². The number of aromatic hydroxyl groups is 1. The van der Waals surface area contributed by atoms with Gasteiger partial charge in [0.15, 0.2) is 0 Å². The Morgan fingerprint density at radius 2 is 2.00 bits per heavy atom. The summed E-state index contributed by atoms with van der Waals surface area (Å²) in [6.45, 7) is 6.69. The largest absolute Gasteiger partial charge is 0.507 e. The summed E-state index contributed by atoms with van der Waals surface area (Å²) in [4.78, 5) is 4.79. The summed E-state index contributed by atoms with van der Waals surface area (Å²) in [5, 5.41) is 10.2. The molecule has 0 aliphatic heterocycles. The number of halogens is 1. The first-order valence-electron chi connectivity index (χ1n) is 5.14. The third-order valence-electron chi connectivity index (χ3n) is 2.37. The molecule has 0 aromatic heterocycles. The van der Waals surface area contributed by atoms with Crippen molar-refractivity contribution in [1.29, 1.82) is 0 Å². The Balaban J connectivity index is 3.16. The molecule has 2 N–H and O–H groups in total. The third kappa shape index (κ3) is 3.20. The number of benzene rings is 1. The van der Waals surface area contributed by atoms with E-state index in [9.17, 15) is 5.11 Å². The highest BCUT2D eigenvalue weighted by Gasteiger charge is 2.20. The molecule has 1 aromatic carbocycles. The van der Waals surface area contributed by atoms with Crippen LogP contribution in [0.1, 0.15) is 31.9 Å². The van der Waals surface area contributed by atoms with E-state index in [-0.39, 0.29) is 5.41 Å². The molecule has 1 aromatic rings. The zero-order chi connectivity index (χ0) is 12.3. The highest BCUT2D eigenvalue weighted by Crippen LogP contribution is 2.35. The van der Waals surface area contributed by atoms with Crippen LogP contribution in [0, 0.1) is 0 Å². The average molecular weight is 288 g/mol. The van der Waals surface area contributed by atoms with E-state index in [0.29, 0.717) is 12.3 Å². The summed E-state index contributed by atoms with van der Waals surface area (Å²) < 4.78 is 0.961. The Morgan fingerprint density at radius 3 is 2.50 bits per heavy atom. The smallest absolute Gasteiger partial charge is 0.123 e. The number of phenols is 1. The number of rotatable bonds is 3. The molecule has 0 bridgehead atoms. The van der Waals surface area contributed by atoms with Crippen molar-refractivity contribution in [2.45, 2.75) is 32.7 Å². The quantitative estimate of drug-likeness (QED) is 0.840. The van der Waals surface area contributed by atoms with Gasteiger partial charge >= 0.3 is 0 Å². The highest BCUT2D eigenvalue weighted by molar-refractivity contribution is 9.10. The minimum Gasteiger partial charge on any atom is -0.507 e. The number of nitrogens with one attached hydrogen (secondary N) is 1. The van der Waals surface area contributed by atoms with Crippen molar-refractivity contribution in [3.05, 3.63) is 27.7 Å². The first kappa shape index (κ1) is 13.5. The van der Waals surface area contributed by atoms with Gasteiger partial charge in [-0.2, -0.15) is 5.48 Å². The highest BCUT2D eigenvalue weighted by atomic mass is 79.9. The van der Waals surface area contributed by atoms with Gasteiger partial charge in [-0.05, 0) is 17.5 Å². The van der Waals surface area contributed by atoms with E-state index < -0.39 is 0 Å². The Labute approximate surface area is 105 Å². The molecule has 4 heteroatoms. The first-order chi connectivity index (χ1) is 7.36. The molecule has 90 valence electrons. The Bertz CT molecular complexity index is 372. The van der Waals surface area contributed by atoms with Gasteiger partial charge in [0.05, 0.1) is 7.11 Å². The SMILES string of the molecule is CONCc1cc(Br)cc(C(C)(C)C)c1O. The zero-order valence-electron chi connectivity index (χ0n) is 10.1. The van der Waals surface area contributed by atoms with E-state index in [0.717, 1.165) is 15.6 Å². The Hall–Kier alpha value is -0.580. The number of hydroxylamine groups is 1. The van der Waals surface area contributed by atoms with E-state index in [1.165, 1.54) is 0 Å². The van der Waals surface area contributed by atoms with Gasteiger partial charge in [0.25, 0.3) is 0 Å². The molecule has 0 aliphatic rings. The van der Waals surface area contributed by atoms with Gasteiger partial charge in [-0.1, -0.05) is 36.7 Å². The second-order valence-electron chi connectivity index (χ2n) is 4.74. The zero-order valence-corrected chi connectivity index (χ0v) is 11.7. The lowest BCUT2D eigenvalue weighted by atomic mass is 9.85. The lowest BCUT2D eigenvalue weighted by molar-refractivity contribution is 0.0861. The molecule has 0 atom stereocenters. The van der Waals surface area contributed by atoms with Crippen LogP contribution < -0.4 is 5.48 Å². The van der Waals surface area contributed by atoms with Gasteiger partial charge < -0.3 is 9.94 Å². The van der Waals surface area contributed by atoms with Crippen molar-refractivity contribution in [3.63, 3.8) is 0 Å². The lowest BCUT2D eigenvalue weighted by Crippen LogP contribution is -2.15. The van der Waals surface area contributed by atoms with Crippen molar-refractivity contribution in [3.8, 4) is 5.75 Å². The predicted octanol–water partition coefficient (Wildman–Crippen LogP) is 3.10. The van der Waals surface area contributed by atoms with Crippen LogP contribution in [-0.4, -0.2) is 12.2 Å². The molecule has 0 unspecified atom stereocenters. The van der Waals surface area contributed by atoms with E-state index in [1.54, 1.807) is 7.11 Å². The number of hydrogen-bond acceptors (Lipinski definition) is 3. The Morgan fingerprint density at radius 1 is 1.38 bits per heavy atom. The van der Waals surface area contributed by atoms with Crippen LogP contribution >= 0.6 is 15.9 Å². The van der Waals surface area contributed by atoms with Gasteiger partial charge in [0.2, 0.25) is 0 Å². The number of phenolic OH excluding ortho intramolecular Hbond substituents is 1. The summed E-state index contributed by atoms with van der Waals surface area (Å²) in [6, 6.07) is 3.84. The molecule has 1 rings (SSSR count). The van der Waals surface area contributed by atoms with Crippen molar-refractivity contribution in [2.75, 3.05) is 7.11 Å². The van der Waals surface area contributed by atoms with E-state index in [2.05, 4.69) is 42.2 Å². The summed E-state index contributed by atoms with van der Waals surface area (Å²) >= 11 is 3.45. The normalized spacial score (nSPS) is 11.8. The fourth-order valence-corrected chi connectivity index (χ4v) is 2.02. The summed E-state index contributed by atoms with van der Waals surface area (Å²) in [7, 11) is 1.56. The third-order valence-corrected chi connectivity index (χ3v) is 2.83. The fraction of sp³-hybridized carbons (Fsp3) is 0.500. The Kier molecular flexibility index (Phi) is 4.35. The second-order valence-corrected chi connectivity index (χ2v) is 5.65.